The van der Waals surface area contributed by atoms with Crippen molar-refractivity contribution in [2.24, 2.45) is 5.92 Å². The molecule has 0 aliphatic carbocycles. The quantitative estimate of drug-likeness (QED) is 0.821. The number of piperidine rings is 1. The number of hydrogen-bond acceptors (Lipinski definition) is 4. The average Bonchev–Trinajstić information content (AvgIpc) is 2.67. The van der Waals surface area contributed by atoms with Crippen LogP contribution in [0.25, 0.3) is 0 Å². The maximum Gasteiger partial charge on any atom is 0.260 e. The lowest BCUT2D eigenvalue weighted by Gasteiger charge is -2.36. The van der Waals surface area contributed by atoms with Crippen LogP contribution in [0.4, 0.5) is 4.39 Å². The number of halogens is 1. The van der Waals surface area contributed by atoms with Crippen LogP contribution in [0.5, 0.6) is 5.75 Å². The van der Waals surface area contributed by atoms with Crippen molar-refractivity contribution in [2.75, 3.05) is 46.0 Å². The number of carbonyl (C=O) groups is 2. The summed E-state index contributed by atoms with van der Waals surface area (Å²) >= 11 is 0. The summed E-state index contributed by atoms with van der Waals surface area (Å²) in [4.78, 5) is 28.5. The molecule has 0 aromatic heterocycles. The van der Waals surface area contributed by atoms with Gasteiger partial charge in [-0.25, -0.2) is 4.39 Å². The first-order chi connectivity index (χ1) is 12.1. The number of benzene rings is 1. The zero-order valence-electron chi connectivity index (χ0n) is 14.2. The summed E-state index contributed by atoms with van der Waals surface area (Å²) < 4.78 is 23.6. The Hall–Kier alpha value is -2.15. The smallest absolute Gasteiger partial charge is 0.260 e. The van der Waals surface area contributed by atoms with Gasteiger partial charge in [0, 0.05) is 26.2 Å². The molecule has 7 heteroatoms. The highest BCUT2D eigenvalue weighted by molar-refractivity contribution is 5.82. The third-order valence-corrected chi connectivity index (χ3v) is 4.62. The largest absolute Gasteiger partial charge is 0.484 e. The molecule has 1 aromatic rings. The molecule has 2 saturated heterocycles. The van der Waals surface area contributed by atoms with E-state index >= 15 is 0 Å². The number of morpholine rings is 1. The summed E-state index contributed by atoms with van der Waals surface area (Å²) in [5.41, 5.74) is 0. The highest BCUT2D eigenvalue weighted by Crippen LogP contribution is 2.20. The van der Waals surface area contributed by atoms with E-state index in [9.17, 15) is 14.0 Å². The van der Waals surface area contributed by atoms with E-state index in [4.69, 9.17) is 9.47 Å². The predicted octanol–water partition coefficient (Wildman–Crippen LogP) is 1.30. The zero-order valence-corrected chi connectivity index (χ0v) is 14.2. The van der Waals surface area contributed by atoms with Crippen LogP contribution in [0.3, 0.4) is 0 Å². The summed E-state index contributed by atoms with van der Waals surface area (Å²) in [5.74, 6) is -0.0856. The topological polar surface area (TPSA) is 59.1 Å². The van der Waals surface area contributed by atoms with E-state index in [2.05, 4.69) is 0 Å². The molecule has 0 radical (unpaired) electrons. The fourth-order valence-corrected chi connectivity index (χ4v) is 3.21. The van der Waals surface area contributed by atoms with E-state index < -0.39 is 0 Å². The van der Waals surface area contributed by atoms with E-state index in [1.807, 2.05) is 4.90 Å². The van der Waals surface area contributed by atoms with Crippen molar-refractivity contribution in [2.45, 2.75) is 12.8 Å². The molecule has 2 heterocycles. The highest BCUT2D eigenvalue weighted by Gasteiger charge is 2.31. The van der Waals surface area contributed by atoms with Gasteiger partial charge in [0.25, 0.3) is 5.91 Å². The Bertz CT molecular complexity index is 602. The first-order valence-corrected chi connectivity index (χ1v) is 8.66. The van der Waals surface area contributed by atoms with Gasteiger partial charge in [0.05, 0.1) is 19.1 Å². The van der Waals surface area contributed by atoms with E-state index in [1.165, 1.54) is 24.3 Å². The third kappa shape index (κ3) is 4.69. The highest BCUT2D eigenvalue weighted by atomic mass is 19.1. The van der Waals surface area contributed by atoms with Crippen LogP contribution in [0.2, 0.25) is 0 Å². The number of rotatable bonds is 4. The second-order valence-electron chi connectivity index (χ2n) is 6.36. The molecule has 25 heavy (non-hydrogen) atoms. The minimum atomic E-state index is -0.348. The molecular formula is C18H23FN2O4. The van der Waals surface area contributed by atoms with Crippen molar-refractivity contribution in [3.8, 4) is 5.75 Å². The molecule has 1 unspecified atom stereocenters. The lowest BCUT2D eigenvalue weighted by Crippen LogP contribution is -2.50. The van der Waals surface area contributed by atoms with Gasteiger partial charge >= 0.3 is 0 Å². The van der Waals surface area contributed by atoms with Gasteiger partial charge in [0.15, 0.2) is 6.61 Å². The SMILES string of the molecule is O=C(COc1ccc(F)cc1)N1CCCC(C(=O)N2CCOCC2)C1. The molecule has 0 N–H and O–H groups in total. The average molecular weight is 350 g/mol. The Morgan fingerprint density at radius 1 is 1.12 bits per heavy atom. The summed E-state index contributed by atoms with van der Waals surface area (Å²) in [6, 6.07) is 5.56. The van der Waals surface area contributed by atoms with Crippen molar-refractivity contribution >= 4 is 11.8 Å². The lowest BCUT2D eigenvalue weighted by molar-refractivity contribution is -0.144. The molecule has 2 aliphatic heterocycles. The zero-order chi connectivity index (χ0) is 17.6. The van der Waals surface area contributed by atoms with Crippen molar-refractivity contribution in [3.63, 3.8) is 0 Å². The van der Waals surface area contributed by atoms with Gasteiger partial charge in [0.2, 0.25) is 5.91 Å². The van der Waals surface area contributed by atoms with Crippen LogP contribution in [-0.4, -0.2) is 67.6 Å². The first-order valence-electron chi connectivity index (χ1n) is 8.66. The monoisotopic (exact) mass is 350 g/mol. The van der Waals surface area contributed by atoms with Gasteiger partial charge in [-0.2, -0.15) is 0 Å². The third-order valence-electron chi connectivity index (χ3n) is 4.62. The molecule has 6 nitrogen and oxygen atoms in total. The molecule has 1 atom stereocenters. The van der Waals surface area contributed by atoms with Gasteiger partial charge in [0.1, 0.15) is 11.6 Å². The van der Waals surface area contributed by atoms with Gasteiger partial charge in [-0.15, -0.1) is 0 Å². The minimum Gasteiger partial charge on any atom is -0.484 e. The number of ether oxygens (including phenoxy) is 2. The van der Waals surface area contributed by atoms with Crippen molar-refractivity contribution < 1.29 is 23.5 Å². The van der Waals surface area contributed by atoms with E-state index in [0.717, 1.165) is 12.8 Å². The van der Waals surface area contributed by atoms with Gasteiger partial charge in [-0.1, -0.05) is 0 Å². The van der Waals surface area contributed by atoms with E-state index in [-0.39, 0.29) is 30.2 Å². The summed E-state index contributed by atoms with van der Waals surface area (Å²) in [5, 5.41) is 0. The number of likely N-dealkylation sites (tertiary alicyclic amines) is 1. The number of hydrogen-bond donors (Lipinski definition) is 0. The second-order valence-corrected chi connectivity index (χ2v) is 6.36. The standard InChI is InChI=1S/C18H23FN2O4/c19-15-3-5-16(6-4-15)25-13-17(22)21-7-1-2-14(12-21)18(23)20-8-10-24-11-9-20/h3-6,14H,1-2,7-13H2. The fourth-order valence-electron chi connectivity index (χ4n) is 3.21. The molecule has 2 fully saturated rings. The van der Waals surface area contributed by atoms with Crippen LogP contribution < -0.4 is 4.74 Å². The van der Waals surface area contributed by atoms with Gasteiger partial charge in [-0.3, -0.25) is 9.59 Å². The minimum absolute atomic E-state index is 0.107. The molecular weight excluding hydrogens is 327 g/mol. The molecule has 0 bridgehead atoms. The van der Waals surface area contributed by atoms with Crippen LogP contribution in [-0.2, 0) is 14.3 Å². The van der Waals surface area contributed by atoms with Gasteiger partial charge in [-0.05, 0) is 37.1 Å². The van der Waals surface area contributed by atoms with Crippen molar-refractivity contribution in [1.82, 2.24) is 9.80 Å². The van der Waals surface area contributed by atoms with Crippen LogP contribution in [0.15, 0.2) is 24.3 Å². The van der Waals surface area contributed by atoms with Crippen LogP contribution in [0.1, 0.15) is 12.8 Å². The molecule has 3 rings (SSSR count). The normalized spacial score (nSPS) is 21.1. The molecule has 0 saturated carbocycles. The fraction of sp³-hybridized carbons (Fsp3) is 0.556. The maximum atomic E-state index is 12.9. The summed E-state index contributed by atoms with van der Waals surface area (Å²) in [7, 11) is 0. The Kier molecular flexibility index (Phi) is 5.86. The predicted molar refractivity (Wildman–Crippen MR) is 88.6 cm³/mol. The van der Waals surface area contributed by atoms with Crippen molar-refractivity contribution in [3.05, 3.63) is 30.1 Å². The van der Waals surface area contributed by atoms with E-state index in [1.54, 1.807) is 4.90 Å². The number of amides is 2. The maximum absolute atomic E-state index is 12.9. The summed E-state index contributed by atoms with van der Waals surface area (Å²) in [6.07, 6.45) is 1.61. The van der Waals surface area contributed by atoms with Crippen LogP contribution >= 0.6 is 0 Å². The summed E-state index contributed by atoms with van der Waals surface area (Å²) in [6.45, 7) is 3.36. The molecule has 1 aromatic carbocycles. The molecule has 0 spiro atoms. The number of carbonyl (C=O) groups excluding carboxylic acids is 2. The second kappa shape index (κ2) is 8.29. The van der Waals surface area contributed by atoms with E-state index in [0.29, 0.717) is 45.1 Å². The Morgan fingerprint density at radius 3 is 2.56 bits per heavy atom. The first kappa shape index (κ1) is 17.7. The Labute approximate surface area is 146 Å². The molecule has 2 amide bonds. The van der Waals surface area contributed by atoms with Crippen LogP contribution in [0, 0.1) is 11.7 Å². The van der Waals surface area contributed by atoms with Gasteiger partial charge < -0.3 is 19.3 Å². The Balaban J connectivity index is 1.50. The van der Waals surface area contributed by atoms with Crippen molar-refractivity contribution in [1.29, 1.82) is 0 Å². The Morgan fingerprint density at radius 2 is 1.84 bits per heavy atom. The number of nitrogens with zero attached hydrogens (tertiary/aromatic N) is 2. The molecule has 136 valence electrons. The molecule has 2 aliphatic rings. The lowest BCUT2D eigenvalue weighted by atomic mass is 9.96.